The van der Waals surface area contributed by atoms with E-state index in [-0.39, 0.29) is 18.3 Å². The van der Waals surface area contributed by atoms with Crippen molar-refractivity contribution in [1.29, 1.82) is 0 Å². The zero-order valence-electron chi connectivity index (χ0n) is 20.9. The number of aromatic nitrogens is 1. The number of amides is 3. The second-order valence-electron chi connectivity index (χ2n) is 9.33. The van der Waals surface area contributed by atoms with Crippen LogP contribution in [0.3, 0.4) is 0 Å². The summed E-state index contributed by atoms with van der Waals surface area (Å²) in [7, 11) is 0. The summed E-state index contributed by atoms with van der Waals surface area (Å²) < 4.78 is 0. The van der Waals surface area contributed by atoms with E-state index in [1.54, 1.807) is 6.20 Å². The fraction of sp³-hybridized carbons (Fsp3) is 0.520. The molecule has 5 unspecified atom stereocenters. The second-order valence-corrected chi connectivity index (χ2v) is 9.33. The first kappa shape index (κ1) is 27.8. The number of para-hydroxylation sites is 1. The standard InChI is InChI=1S/C25H37N5O5/c1-6-14(4)21(30-23(32)20(26)13(2)3)24(33)28-15(5)22(31)29-19(25(34)35)11-16-12-27-18-10-8-7-9-17(16)18/h7-10,12-15,19-21,27H,6,11,26H2,1-5H3,(H,28,33)(H,29,31)(H,30,32)(H,34,35). The van der Waals surface area contributed by atoms with Crippen molar-refractivity contribution in [2.45, 2.75) is 71.6 Å². The first-order chi connectivity index (χ1) is 16.5. The van der Waals surface area contributed by atoms with Gasteiger partial charge < -0.3 is 31.8 Å². The number of aromatic amines is 1. The van der Waals surface area contributed by atoms with Gasteiger partial charge in [0, 0.05) is 23.5 Å². The summed E-state index contributed by atoms with van der Waals surface area (Å²) in [5.74, 6) is -3.11. The Kier molecular flexibility index (Phi) is 9.82. The molecule has 0 spiro atoms. The summed E-state index contributed by atoms with van der Waals surface area (Å²) in [6, 6.07) is 3.63. The molecule has 1 heterocycles. The molecular formula is C25H37N5O5. The Morgan fingerprint density at radius 1 is 0.971 bits per heavy atom. The SMILES string of the molecule is CCC(C)C(NC(=O)C(N)C(C)C)C(=O)NC(C)C(=O)NC(Cc1c[nH]c2ccccc12)C(=O)O. The molecule has 1 aromatic carbocycles. The average Bonchev–Trinajstić information content (AvgIpc) is 3.23. The van der Waals surface area contributed by atoms with E-state index in [0.29, 0.717) is 6.42 Å². The Hall–Kier alpha value is -3.40. The van der Waals surface area contributed by atoms with Crippen LogP contribution in [0.1, 0.15) is 46.6 Å². The van der Waals surface area contributed by atoms with Crippen LogP contribution in [0.2, 0.25) is 0 Å². The lowest BCUT2D eigenvalue weighted by atomic mass is 9.96. The van der Waals surface area contributed by atoms with Crippen LogP contribution in [0.4, 0.5) is 0 Å². The first-order valence-electron chi connectivity index (χ1n) is 11.9. The number of aliphatic carboxylic acids is 1. The van der Waals surface area contributed by atoms with Crippen LogP contribution in [-0.2, 0) is 25.6 Å². The van der Waals surface area contributed by atoms with Crippen LogP contribution >= 0.6 is 0 Å². The van der Waals surface area contributed by atoms with Crippen molar-refractivity contribution < 1.29 is 24.3 Å². The van der Waals surface area contributed by atoms with Crippen molar-refractivity contribution in [2.24, 2.45) is 17.6 Å². The van der Waals surface area contributed by atoms with Crippen LogP contribution in [0.5, 0.6) is 0 Å². The average molecular weight is 488 g/mol. The van der Waals surface area contributed by atoms with Crippen molar-refractivity contribution >= 4 is 34.6 Å². The Morgan fingerprint density at radius 3 is 2.23 bits per heavy atom. The number of carbonyl (C=O) groups is 4. The minimum absolute atomic E-state index is 0.0738. The smallest absolute Gasteiger partial charge is 0.326 e. The maximum atomic E-state index is 12.9. The van der Waals surface area contributed by atoms with Crippen LogP contribution < -0.4 is 21.7 Å². The molecule has 35 heavy (non-hydrogen) atoms. The predicted octanol–water partition coefficient (Wildman–Crippen LogP) is 1.30. The molecule has 1 aromatic heterocycles. The van der Waals surface area contributed by atoms with E-state index < -0.39 is 47.9 Å². The number of carboxylic acids is 1. The fourth-order valence-electron chi connectivity index (χ4n) is 3.64. The van der Waals surface area contributed by atoms with Crippen molar-refractivity contribution in [2.75, 3.05) is 0 Å². The molecule has 0 aliphatic rings. The Bertz CT molecular complexity index is 1050. The highest BCUT2D eigenvalue weighted by molar-refractivity contribution is 5.94. The van der Waals surface area contributed by atoms with Crippen molar-refractivity contribution in [3.63, 3.8) is 0 Å². The van der Waals surface area contributed by atoms with Gasteiger partial charge in [-0.1, -0.05) is 52.3 Å². The molecular weight excluding hydrogens is 450 g/mol. The van der Waals surface area contributed by atoms with Gasteiger partial charge >= 0.3 is 5.97 Å². The van der Waals surface area contributed by atoms with Crippen LogP contribution in [0, 0.1) is 11.8 Å². The third-order valence-corrected chi connectivity index (χ3v) is 6.28. The molecule has 0 saturated heterocycles. The Morgan fingerprint density at radius 2 is 1.63 bits per heavy atom. The van der Waals surface area contributed by atoms with Crippen LogP contribution in [0.15, 0.2) is 30.5 Å². The molecule has 0 fully saturated rings. The van der Waals surface area contributed by atoms with Gasteiger partial charge in [-0.2, -0.15) is 0 Å². The number of carbonyl (C=O) groups excluding carboxylic acids is 3. The Labute approximate surface area is 205 Å². The first-order valence-corrected chi connectivity index (χ1v) is 11.9. The summed E-state index contributed by atoms with van der Waals surface area (Å²) in [6.07, 6.45) is 2.41. The quantitative estimate of drug-likeness (QED) is 0.264. The van der Waals surface area contributed by atoms with Crippen molar-refractivity contribution in [1.82, 2.24) is 20.9 Å². The molecule has 3 amide bonds. The van der Waals surface area contributed by atoms with E-state index in [0.717, 1.165) is 16.5 Å². The number of H-pyrrole nitrogens is 1. The highest BCUT2D eigenvalue weighted by atomic mass is 16.4. The molecule has 0 aliphatic carbocycles. The number of hydrogen-bond acceptors (Lipinski definition) is 5. The van der Waals surface area contributed by atoms with E-state index in [2.05, 4.69) is 20.9 Å². The highest BCUT2D eigenvalue weighted by Gasteiger charge is 2.31. The van der Waals surface area contributed by atoms with Gasteiger partial charge in [-0.05, 0) is 30.4 Å². The number of rotatable bonds is 12. The van der Waals surface area contributed by atoms with E-state index in [1.165, 1.54) is 6.92 Å². The molecule has 2 aromatic rings. The van der Waals surface area contributed by atoms with Crippen LogP contribution in [0.25, 0.3) is 10.9 Å². The Balaban J connectivity index is 2.06. The number of nitrogens with one attached hydrogen (secondary N) is 4. The third-order valence-electron chi connectivity index (χ3n) is 6.28. The number of fused-ring (bicyclic) bond motifs is 1. The van der Waals surface area contributed by atoms with Gasteiger partial charge in [0.25, 0.3) is 0 Å². The molecule has 0 aliphatic heterocycles. The monoisotopic (exact) mass is 487 g/mol. The molecule has 0 bridgehead atoms. The van der Waals surface area contributed by atoms with E-state index in [4.69, 9.17) is 5.73 Å². The normalized spacial score (nSPS) is 15.6. The van der Waals surface area contributed by atoms with Gasteiger partial charge in [0.15, 0.2) is 0 Å². The molecule has 7 N–H and O–H groups in total. The molecule has 0 saturated carbocycles. The van der Waals surface area contributed by atoms with Gasteiger partial charge in [0.1, 0.15) is 18.1 Å². The minimum atomic E-state index is -1.19. The van der Waals surface area contributed by atoms with Gasteiger partial charge in [-0.25, -0.2) is 4.79 Å². The van der Waals surface area contributed by atoms with Gasteiger partial charge in [-0.3, -0.25) is 14.4 Å². The second kappa shape index (κ2) is 12.3. The lowest BCUT2D eigenvalue weighted by Crippen LogP contribution is -2.58. The maximum absolute atomic E-state index is 12.9. The minimum Gasteiger partial charge on any atom is -0.480 e. The summed E-state index contributed by atoms with van der Waals surface area (Å²) in [4.78, 5) is 53.1. The fourth-order valence-corrected chi connectivity index (χ4v) is 3.64. The molecule has 5 atom stereocenters. The number of benzene rings is 1. The molecule has 192 valence electrons. The lowest BCUT2D eigenvalue weighted by Gasteiger charge is -2.27. The van der Waals surface area contributed by atoms with Gasteiger partial charge in [-0.15, -0.1) is 0 Å². The van der Waals surface area contributed by atoms with E-state index in [9.17, 15) is 24.3 Å². The largest absolute Gasteiger partial charge is 0.480 e. The van der Waals surface area contributed by atoms with Gasteiger partial charge in [0.2, 0.25) is 17.7 Å². The number of hydrogen-bond donors (Lipinski definition) is 6. The zero-order valence-corrected chi connectivity index (χ0v) is 20.9. The maximum Gasteiger partial charge on any atom is 0.326 e. The highest BCUT2D eigenvalue weighted by Crippen LogP contribution is 2.19. The molecule has 10 heteroatoms. The predicted molar refractivity (Wildman–Crippen MR) is 133 cm³/mol. The van der Waals surface area contributed by atoms with Crippen LogP contribution in [-0.4, -0.2) is 57.9 Å². The van der Waals surface area contributed by atoms with Crippen molar-refractivity contribution in [3.8, 4) is 0 Å². The lowest BCUT2D eigenvalue weighted by molar-refractivity contribution is -0.142. The topological polar surface area (TPSA) is 166 Å². The number of nitrogens with two attached hydrogens (primary N) is 1. The third kappa shape index (κ3) is 7.29. The van der Waals surface area contributed by atoms with Gasteiger partial charge in [0.05, 0.1) is 6.04 Å². The molecule has 2 rings (SSSR count). The van der Waals surface area contributed by atoms with E-state index in [1.807, 2.05) is 52.0 Å². The molecule has 10 nitrogen and oxygen atoms in total. The summed E-state index contributed by atoms with van der Waals surface area (Å²) in [5.41, 5.74) is 7.53. The summed E-state index contributed by atoms with van der Waals surface area (Å²) in [6.45, 7) is 8.79. The van der Waals surface area contributed by atoms with Crippen molar-refractivity contribution in [3.05, 3.63) is 36.0 Å². The summed E-state index contributed by atoms with van der Waals surface area (Å²) in [5, 5.41) is 18.3. The molecule has 0 radical (unpaired) electrons. The number of carboxylic acid groups (broad SMARTS) is 1. The van der Waals surface area contributed by atoms with E-state index >= 15 is 0 Å². The summed E-state index contributed by atoms with van der Waals surface area (Å²) >= 11 is 0. The zero-order chi connectivity index (χ0) is 26.3.